The molecule has 0 unspecified atom stereocenters. The van der Waals surface area contributed by atoms with Gasteiger partial charge in [-0.05, 0) is 28.1 Å². The molecule has 1 aromatic heterocycles. The summed E-state index contributed by atoms with van der Waals surface area (Å²) in [6, 6.07) is 4.12. The van der Waals surface area contributed by atoms with Crippen LogP contribution >= 0.6 is 15.9 Å². The van der Waals surface area contributed by atoms with Gasteiger partial charge in [-0.3, -0.25) is 0 Å². The van der Waals surface area contributed by atoms with Crippen LogP contribution in [0.4, 0.5) is 4.39 Å². The molecule has 1 heterocycles. The van der Waals surface area contributed by atoms with Crippen LogP contribution in [0.5, 0.6) is 0 Å². The molecule has 0 atom stereocenters. The lowest BCUT2D eigenvalue weighted by Gasteiger charge is -2.18. The fourth-order valence-electron chi connectivity index (χ4n) is 1.70. The highest BCUT2D eigenvalue weighted by molar-refractivity contribution is 9.10. The summed E-state index contributed by atoms with van der Waals surface area (Å²) in [6.07, 6.45) is 0. The third kappa shape index (κ3) is 2.72. The van der Waals surface area contributed by atoms with Gasteiger partial charge in [0.1, 0.15) is 11.6 Å². The molecule has 0 saturated heterocycles. The third-order valence-corrected chi connectivity index (χ3v) is 3.28. The van der Waals surface area contributed by atoms with Crippen LogP contribution in [0.2, 0.25) is 0 Å². The van der Waals surface area contributed by atoms with Crippen LogP contribution in [0.15, 0.2) is 22.7 Å². The highest BCUT2D eigenvalue weighted by Gasteiger charge is 2.26. The highest BCUT2D eigenvalue weighted by atomic mass is 79.9. The number of benzene rings is 1. The first kappa shape index (κ1) is 14.6. The van der Waals surface area contributed by atoms with E-state index >= 15 is 0 Å². The maximum Gasteiger partial charge on any atom is 0.375 e. The molecule has 0 fully saturated rings. The lowest BCUT2D eigenvalue weighted by Crippen LogP contribution is -2.19. The Labute approximate surface area is 123 Å². The number of carboxylic acids is 1. The Morgan fingerprint density at radius 2 is 2.05 bits per heavy atom. The Balaban J connectivity index is 2.72. The summed E-state index contributed by atoms with van der Waals surface area (Å²) < 4.78 is 15.4. The van der Waals surface area contributed by atoms with Gasteiger partial charge in [0.15, 0.2) is 0 Å². The highest BCUT2D eigenvalue weighted by Crippen LogP contribution is 2.27. The number of rotatable bonds is 2. The van der Waals surface area contributed by atoms with Gasteiger partial charge in [-0.2, -0.15) is 0 Å². The average molecular weight is 342 g/mol. The Morgan fingerprint density at radius 3 is 2.60 bits per heavy atom. The van der Waals surface area contributed by atoms with E-state index in [0.29, 0.717) is 16.0 Å². The molecule has 0 bridgehead atoms. The molecule has 0 aliphatic carbocycles. The van der Waals surface area contributed by atoms with E-state index in [1.807, 2.05) is 20.8 Å². The van der Waals surface area contributed by atoms with E-state index in [2.05, 4.69) is 26.0 Å². The topological polar surface area (TPSA) is 68.0 Å². The molecule has 0 radical (unpaired) electrons. The standard InChI is InChI=1S/C13H13BrFN3O2/c1-13(2,3)12-16-10(11(19)20)17-18(12)9-6-7(15)4-5-8(9)14/h4-6H,1-3H3,(H,19,20). The largest absolute Gasteiger partial charge is 0.475 e. The quantitative estimate of drug-likeness (QED) is 0.910. The molecule has 20 heavy (non-hydrogen) atoms. The van der Waals surface area contributed by atoms with Gasteiger partial charge < -0.3 is 5.11 Å². The van der Waals surface area contributed by atoms with Crippen molar-refractivity contribution in [3.05, 3.63) is 40.1 Å². The zero-order valence-corrected chi connectivity index (χ0v) is 12.8. The molecule has 106 valence electrons. The van der Waals surface area contributed by atoms with E-state index < -0.39 is 17.2 Å². The lowest BCUT2D eigenvalue weighted by atomic mass is 9.95. The van der Waals surface area contributed by atoms with Gasteiger partial charge >= 0.3 is 5.97 Å². The van der Waals surface area contributed by atoms with Gasteiger partial charge in [0.2, 0.25) is 0 Å². The van der Waals surface area contributed by atoms with Crippen LogP contribution in [0.1, 0.15) is 37.2 Å². The summed E-state index contributed by atoms with van der Waals surface area (Å²) in [7, 11) is 0. The van der Waals surface area contributed by atoms with Crippen LogP contribution in [0.3, 0.4) is 0 Å². The molecular weight excluding hydrogens is 329 g/mol. The van der Waals surface area contributed by atoms with Gasteiger partial charge in [-0.15, -0.1) is 5.10 Å². The molecule has 0 aliphatic heterocycles. The minimum atomic E-state index is -1.22. The van der Waals surface area contributed by atoms with E-state index in [1.165, 1.54) is 16.8 Å². The van der Waals surface area contributed by atoms with Crippen LogP contribution in [0.25, 0.3) is 5.69 Å². The number of carbonyl (C=O) groups is 1. The second kappa shape index (κ2) is 4.97. The van der Waals surface area contributed by atoms with Crippen LogP contribution in [-0.4, -0.2) is 25.8 Å². The van der Waals surface area contributed by atoms with Crippen molar-refractivity contribution >= 4 is 21.9 Å². The normalized spacial score (nSPS) is 11.7. The zero-order chi connectivity index (χ0) is 15.1. The molecule has 2 aromatic rings. The van der Waals surface area contributed by atoms with E-state index in [-0.39, 0.29) is 5.82 Å². The number of aromatic nitrogens is 3. The number of carboxylic acid groups (broad SMARTS) is 1. The monoisotopic (exact) mass is 341 g/mol. The second-order valence-electron chi connectivity index (χ2n) is 5.32. The molecular formula is C13H13BrFN3O2. The van der Waals surface area contributed by atoms with E-state index in [9.17, 15) is 9.18 Å². The van der Waals surface area contributed by atoms with Crippen molar-refractivity contribution in [2.24, 2.45) is 0 Å². The summed E-state index contributed by atoms with van der Waals surface area (Å²) in [5, 5.41) is 13.0. The number of aromatic carboxylic acids is 1. The summed E-state index contributed by atoms with van der Waals surface area (Å²) >= 11 is 3.31. The smallest absolute Gasteiger partial charge is 0.375 e. The van der Waals surface area contributed by atoms with Gasteiger partial charge in [0.05, 0.1) is 5.69 Å². The maximum absolute atomic E-state index is 13.4. The second-order valence-corrected chi connectivity index (χ2v) is 6.18. The molecule has 0 saturated carbocycles. The fraction of sp³-hybridized carbons (Fsp3) is 0.308. The van der Waals surface area contributed by atoms with Crippen LogP contribution in [-0.2, 0) is 5.41 Å². The van der Waals surface area contributed by atoms with Gasteiger partial charge in [0.25, 0.3) is 5.82 Å². The van der Waals surface area contributed by atoms with Crippen LogP contribution in [0, 0.1) is 5.82 Å². The van der Waals surface area contributed by atoms with Crippen molar-refractivity contribution in [1.82, 2.24) is 14.8 Å². The minimum Gasteiger partial charge on any atom is -0.475 e. The van der Waals surface area contributed by atoms with Crippen molar-refractivity contribution in [1.29, 1.82) is 0 Å². The van der Waals surface area contributed by atoms with E-state index in [0.717, 1.165) is 0 Å². The van der Waals surface area contributed by atoms with Crippen LogP contribution < -0.4 is 0 Å². The fourth-order valence-corrected chi connectivity index (χ4v) is 2.12. The SMILES string of the molecule is CC(C)(C)c1nc(C(=O)O)nn1-c1cc(F)ccc1Br. The molecule has 0 spiro atoms. The van der Waals surface area contributed by atoms with Gasteiger partial charge in [-0.1, -0.05) is 20.8 Å². The maximum atomic E-state index is 13.4. The van der Waals surface area contributed by atoms with E-state index in [4.69, 9.17) is 5.11 Å². The number of halogens is 2. The van der Waals surface area contributed by atoms with Crippen molar-refractivity contribution in [3.63, 3.8) is 0 Å². The molecule has 0 aliphatic rings. The van der Waals surface area contributed by atoms with Crippen molar-refractivity contribution in [2.45, 2.75) is 26.2 Å². The molecule has 5 nitrogen and oxygen atoms in total. The average Bonchev–Trinajstić information content (AvgIpc) is 2.77. The van der Waals surface area contributed by atoms with Gasteiger partial charge in [-0.25, -0.2) is 18.9 Å². The third-order valence-electron chi connectivity index (χ3n) is 2.61. The first-order valence-corrected chi connectivity index (χ1v) is 6.65. The first-order chi connectivity index (χ1) is 9.20. The first-order valence-electron chi connectivity index (χ1n) is 5.86. The van der Waals surface area contributed by atoms with Crippen molar-refractivity contribution in [3.8, 4) is 5.69 Å². The Bertz CT molecular complexity index is 677. The predicted octanol–water partition coefficient (Wildman–Crippen LogP) is 3.16. The Kier molecular flexibility index (Phi) is 3.64. The molecule has 0 amide bonds. The van der Waals surface area contributed by atoms with Gasteiger partial charge in [0, 0.05) is 16.0 Å². The molecule has 1 N–H and O–H groups in total. The molecule has 7 heteroatoms. The Morgan fingerprint density at radius 1 is 1.40 bits per heavy atom. The van der Waals surface area contributed by atoms with E-state index in [1.54, 1.807) is 6.07 Å². The summed E-state index contributed by atoms with van der Waals surface area (Å²) in [6.45, 7) is 5.64. The van der Waals surface area contributed by atoms with Crippen molar-refractivity contribution < 1.29 is 14.3 Å². The summed E-state index contributed by atoms with van der Waals surface area (Å²) in [5.74, 6) is -1.52. The summed E-state index contributed by atoms with van der Waals surface area (Å²) in [5.41, 5.74) is -0.0261. The minimum absolute atomic E-state index is 0.314. The predicted molar refractivity (Wildman–Crippen MR) is 74.7 cm³/mol. The van der Waals surface area contributed by atoms with Crippen molar-refractivity contribution in [2.75, 3.05) is 0 Å². The lowest BCUT2D eigenvalue weighted by molar-refractivity contribution is 0.0683. The number of nitrogens with zero attached hydrogens (tertiary/aromatic N) is 3. The Hall–Kier alpha value is -1.76. The number of hydrogen-bond donors (Lipinski definition) is 1. The molecule has 1 aromatic carbocycles. The number of hydrogen-bond acceptors (Lipinski definition) is 3. The summed E-state index contributed by atoms with van der Waals surface area (Å²) in [4.78, 5) is 15.1. The zero-order valence-electron chi connectivity index (χ0n) is 11.2. The molecule has 2 rings (SSSR count).